The van der Waals surface area contributed by atoms with Gasteiger partial charge < -0.3 is 0 Å². The molecular formula is C11H8BrN3. The lowest BCUT2D eigenvalue weighted by Gasteiger charge is -2.07. The van der Waals surface area contributed by atoms with Gasteiger partial charge in [-0.05, 0) is 11.6 Å². The summed E-state index contributed by atoms with van der Waals surface area (Å²) in [5.41, 5.74) is 1.76. The Morgan fingerprint density at radius 2 is 2.20 bits per heavy atom. The van der Waals surface area contributed by atoms with Crippen molar-refractivity contribution in [2.24, 2.45) is 0 Å². The number of nitriles is 1. The van der Waals surface area contributed by atoms with Gasteiger partial charge in [0.25, 0.3) is 0 Å². The van der Waals surface area contributed by atoms with Gasteiger partial charge in [0.2, 0.25) is 0 Å². The van der Waals surface area contributed by atoms with Crippen molar-refractivity contribution in [2.45, 2.75) is 5.92 Å². The van der Waals surface area contributed by atoms with Crippen LogP contribution in [-0.2, 0) is 0 Å². The highest BCUT2D eigenvalue weighted by atomic mass is 79.9. The Hall–Kier alpha value is -1.47. The first-order chi connectivity index (χ1) is 7.36. The van der Waals surface area contributed by atoms with Gasteiger partial charge >= 0.3 is 0 Å². The van der Waals surface area contributed by atoms with Crippen molar-refractivity contribution in [2.75, 3.05) is 5.33 Å². The highest BCUT2D eigenvalue weighted by molar-refractivity contribution is 9.09. The number of halogens is 1. The SMILES string of the molecule is N#CC(CBr)c1cnnc2ccccc12. The fraction of sp³-hybridized carbons (Fsp3) is 0.182. The van der Waals surface area contributed by atoms with E-state index >= 15 is 0 Å². The molecule has 0 saturated heterocycles. The van der Waals surface area contributed by atoms with Crippen molar-refractivity contribution in [3.63, 3.8) is 0 Å². The molecule has 0 spiro atoms. The monoisotopic (exact) mass is 261 g/mol. The largest absolute Gasteiger partial charge is 0.198 e. The van der Waals surface area contributed by atoms with Crippen molar-refractivity contribution in [3.05, 3.63) is 36.0 Å². The number of benzene rings is 1. The fourth-order valence-corrected chi connectivity index (χ4v) is 1.99. The maximum atomic E-state index is 9.01. The first kappa shape index (κ1) is 10.1. The van der Waals surface area contributed by atoms with Gasteiger partial charge in [0.05, 0.1) is 23.7 Å². The molecule has 2 aromatic rings. The van der Waals surface area contributed by atoms with E-state index in [1.165, 1.54) is 0 Å². The molecule has 2 rings (SSSR count). The summed E-state index contributed by atoms with van der Waals surface area (Å²) in [5, 5.41) is 18.5. The van der Waals surface area contributed by atoms with Gasteiger partial charge in [0, 0.05) is 10.7 Å². The number of hydrogen-bond acceptors (Lipinski definition) is 3. The van der Waals surface area contributed by atoms with Crippen LogP contribution in [0.1, 0.15) is 11.5 Å². The van der Waals surface area contributed by atoms with Crippen LogP contribution in [0.4, 0.5) is 0 Å². The molecule has 0 aliphatic rings. The Labute approximate surface area is 95.9 Å². The molecule has 0 bridgehead atoms. The molecule has 1 aromatic heterocycles. The molecule has 74 valence electrons. The van der Waals surface area contributed by atoms with Crippen LogP contribution in [0, 0.1) is 11.3 Å². The van der Waals surface area contributed by atoms with Gasteiger partial charge in [-0.15, -0.1) is 0 Å². The van der Waals surface area contributed by atoms with Crippen LogP contribution >= 0.6 is 15.9 Å². The quantitative estimate of drug-likeness (QED) is 0.781. The summed E-state index contributed by atoms with van der Waals surface area (Å²) in [5.74, 6) is -0.176. The molecule has 1 aromatic carbocycles. The van der Waals surface area contributed by atoms with E-state index in [1.807, 2.05) is 24.3 Å². The van der Waals surface area contributed by atoms with Crippen LogP contribution in [0.5, 0.6) is 0 Å². The van der Waals surface area contributed by atoms with E-state index in [4.69, 9.17) is 5.26 Å². The summed E-state index contributed by atoms with van der Waals surface area (Å²) in [7, 11) is 0. The zero-order chi connectivity index (χ0) is 10.7. The van der Waals surface area contributed by atoms with Gasteiger partial charge in [-0.2, -0.15) is 15.5 Å². The molecule has 1 unspecified atom stereocenters. The van der Waals surface area contributed by atoms with Gasteiger partial charge in [0.15, 0.2) is 0 Å². The molecule has 0 fully saturated rings. The first-order valence-corrected chi connectivity index (χ1v) is 5.65. The van der Waals surface area contributed by atoms with Crippen molar-refractivity contribution in [1.29, 1.82) is 5.26 Å². The van der Waals surface area contributed by atoms with Gasteiger partial charge in [-0.1, -0.05) is 34.1 Å². The highest BCUT2D eigenvalue weighted by Gasteiger charge is 2.12. The number of hydrogen-bond donors (Lipinski definition) is 0. The van der Waals surface area contributed by atoms with E-state index in [0.29, 0.717) is 5.33 Å². The highest BCUT2D eigenvalue weighted by Crippen LogP contribution is 2.24. The normalized spacial score (nSPS) is 12.3. The number of aromatic nitrogens is 2. The summed E-state index contributed by atoms with van der Waals surface area (Å²) in [6.45, 7) is 0. The summed E-state index contributed by atoms with van der Waals surface area (Å²) in [6.07, 6.45) is 1.66. The topological polar surface area (TPSA) is 49.6 Å². The average molecular weight is 262 g/mol. The predicted octanol–water partition coefficient (Wildman–Crippen LogP) is 2.63. The zero-order valence-electron chi connectivity index (χ0n) is 7.89. The number of fused-ring (bicyclic) bond motifs is 1. The van der Waals surface area contributed by atoms with Crippen LogP contribution < -0.4 is 0 Å². The summed E-state index contributed by atoms with van der Waals surface area (Å²) in [4.78, 5) is 0. The number of rotatable bonds is 2. The van der Waals surface area contributed by atoms with E-state index in [9.17, 15) is 0 Å². The van der Waals surface area contributed by atoms with Gasteiger partial charge in [-0.3, -0.25) is 0 Å². The smallest absolute Gasteiger partial charge is 0.0932 e. The Morgan fingerprint density at radius 1 is 1.40 bits per heavy atom. The lowest BCUT2D eigenvalue weighted by Crippen LogP contribution is -2.00. The molecule has 0 saturated carbocycles. The van der Waals surface area contributed by atoms with Crippen molar-refractivity contribution < 1.29 is 0 Å². The number of nitrogens with zero attached hydrogens (tertiary/aromatic N) is 3. The minimum Gasteiger partial charge on any atom is -0.198 e. The first-order valence-electron chi connectivity index (χ1n) is 4.52. The maximum Gasteiger partial charge on any atom is 0.0932 e. The molecule has 15 heavy (non-hydrogen) atoms. The van der Waals surface area contributed by atoms with Crippen LogP contribution in [0.15, 0.2) is 30.5 Å². The molecule has 0 N–H and O–H groups in total. The Kier molecular flexibility index (Phi) is 2.93. The third kappa shape index (κ3) is 1.83. The van der Waals surface area contributed by atoms with Crippen molar-refractivity contribution in [3.8, 4) is 6.07 Å². The Bertz CT molecular complexity index is 513. The molecule has 0 amide bonds. The second-order valence-corrected chi connectivity index (χ2v) is 3.80. The van der Waals surface area contributed by atoms with Crippen LogP contribution in [0.3, 0.4) is 0 Å². The van der Waals surface area contributed by atoms with Crippen molar-refractivity contribution >= 4 is 26.8 Å². The van der Waals surface area contributed by atoms with E-state index in [1.54, 1.807) is 6.20 Å². The van der Waals surface area contributed by atoms with E-state index in [0.717, 1.165) is 16.5 Å². The van der Waals surface area contributed by atoms with Gasteiger partial charge in [-0.25, -0.2) is 0 Å². The second kappa shape index (κ2) is 4.37. The fourth-order valence-electron chi connectivity index (χ4n) is 1.49. The number of alkyl halides is 1. The maximum absolute atomic E-state index is 9.01. The van der Waals surface area contributed by atoms with Crippen LogP contribution in [0.2, 0.25) is 0 Å². The molecular weight excluding hydrogens is 254 g/mol. The summed E-state index contributed by atoms with van der Waals surface area (Å²) < 4.78 is 0. The molecule has 0 radical (unpaired) electrons. The molecule has 4 heteroatoms. The average Bonchev–Trinajstić information content (AvgIpc) is 2.31. The molecule has 0 aliphatic carbocycles. The van der Waals surface area contributed by atoms with E-state index in [2.05, 4.69) is 32.2 Å². The minimum absolute atomic E-state index is 0.176. The van der Waals surface area contributed by atoms with E-state index < -0.39 is 0 Å². The predicted molar refractivity (Wildman–Crippen MR) is 61.7 cm³/mol. The Morgan fingerprint density at radius 3 is 2.93 bits per heavy atom. The Balaban J connectivity index is 2.66. The van der Waals surface area contributed by atoms with Gasteiger partial charge in [0.1, 0.15) is 0 Å². The van der Waals surface area contributed by atoms with E-state index in [-0.39, 0.29) is 5.92 Å². The third-order valence-electron chi connectivity index (χ3n) is 2.26. The lowest BCUT2D eigenvalue weighted by molar-refractivity contribution is 0.968. The molecule has 1 heterocycles. The molecule has 3 nitrogen and oxygen atoms in total. The van der Waals surface area contributed by atoms with Crippen LogP contribution in [0.25, 0.3) is 10.9 Å². The zero-order valence-corrected chi connectivity index (χ0v) is 9.48. The minimum atomic E-state index is -0.176. The lowest BCUT2D eigenvalue weighted by atomic mass is 10.0. The second-order valence-electron chi connectivity index (χ2n) is 3.15. The third-order valence-corrected chi connectivity index (χ3v) is 2.91. The molecule has 1 atom stereocenters. The summed E-state index contributed by atoms with van der Waals surface area (Å²) >= 11 is 3.33. The molecule has 0 aliphatic heterocycles. The standard InChI is InChI=1S/C11H8BrN3/c12-5-8(6-13)10-7-14-15-11-4-2-1-3-9(10)11/h1-4,7-8H,5H2. The summed E-state index contributed by atoms with van der Waals surface area (Å²) in [6, 6.07) is 9.96. The van der Waals surface area contributed by atoms with Crippen LogP contribution in [-0.4, -0.2) is 15.5 Å². The van der Waals surface area contributed by atoms with Crippen molar-refractivity contribution in [1.82, 2.24) is 10.2 Å².